The third-order valence-corrected chi connectivity index (χ3v) is 2.49. The summed E-state index contributed by atoms with van der Waals surface area (Å²) in [6.45, 7) is 5.38. The van der Waals surface area contributed by atoms with Crippen LogP contribution in [0.1, 0.15) is 19.4 Å². The van der Waals surface area contributed by atoms with Crippen molar-refractivity contribution in [2.24, 2.45) is 0 Å². The minimum absolute atomic E-state index is 0.528. The SMILES string of the molecule is CCc1ccc2c(c1)NCC(C)N2. The maximum Gasteiger partial charge on any atom is 0.0579 e. The van der Waals surface area contributed by atoms with E-state index in [0.29, 0.717) is 6.04 Å². The lowest BCUT2D eigenvalue weighted by Gasteiger charge is -2.26. The van der Waals surface area contributed by atoms with Crippen LogP contribution in [0.5, 0.6) is 0 Å². The molecule has 0 amide bonds. The minimum atomic E-state index is 0.528. The Balaban J connectivity index is 2.31. The van der Waals surface area contributed by atoms with E-state index in [-0.39, 0.29) is 0 Å². The van der Waals surface area contributed by atoms with E-state index in [4.69, 9.17) is 0 Å². The molecule has 2 rings (SSSR count). The lowest BCUT2D eigenvalue weighted by molar-refractivity contribution is 0.817. The summed E-state index contributed by atoms with van der Waals surface area (Å²) in [5.41, 5.74) is 3.87. The Morgan fingerprint density at radius 2 is 2.23 bits per heavy atom. The molecule has 1 atom stereocenters. The van der Waals surface area contributed by atoms with Crippen molar-refractivity contribution >= 4 is 11.4 Å². The zero-order valence-corrected chi connectivity index (χ0v) is 8.22. The van der Waals surface area contributed by atoms with Crippen molar-refractivity contribution < 1.29 is 0 Å². The number of fused-ring (bicyclic) bond motifs is 1. The second-order valence-corrected chi connectivity index (χ2v) is 3.66. The van der Waals surface area contributed by atoms with Crippen LogP contribution in [0.3, 0.4) is 0 Å². The highest BCUT2D eigenvalue weighted by Gasteiger charge is 2.12. The van der Waals surface area contributed by atoms with Crippen LogP contribution in [0.4, 0.5) is 11.4 Å². The molecule has 1 heterocycles. The van der Waals surface area contributed by atoms with Gasteiger partial charge in [0.1, 0.15) is 0 Å². The van der Waals surface area contributed by atoms with Gasteiger partial charge in [-0.15, -0.1) is 0 Å². The molecule has 0 aromatic heterocycles. The van der Waals surface area contributed by atoms with Gasteiger partial charge in [-0.3, -0.25) is 0 Å². The van der Waals surface area contributed by atoms with Gasteiger partial charge in [0, 0.05) is 12.6 Å². The van der Waals surface area contributed by atoms with E-state index < -0.39 is 0 Å². The van der Waals surface area contributed by atoms with Crippen molar-refractivity contribution in [1.29, 1.82) is 0 Å². The van der Waals surface area contributed by atoms with Gasteiger partial charge in [0.15, 0.2) is 0 Å². The largest absolute Gasteiger partial charge is 0.381 e. The van der Waals surface area contributed by atoms with Gasteiger partial charge in [0.2, 0.25) is 0 Å². The number of aryl methyl sites for hydroxylation is 1. The van der Waals surface area contributed by atoms with Crippen molar-refractivity contribution in [3.05, 3.63) is 23.8 Å². The van der Waals surface area contributed by atoms with Crippen LogP contribution in [-0.2, 0) is 6.42 Å². The molecule has 2 heteroatoms. The summed E-state index contributed by atoms with van der Waals surface area (Å²) in [4.78, 5) is 0. The molecule has 0 fully saturated rings. The molecule has 0 radical (unpaired) electrons. The molecule has 70 valence electrons. The zero-order chi connectivity index (χ0) is 9.26. The summed E-state index contributed by atoms with van der Waals surface area (Å²) in [5.74, 6) is 0. The van der Waals surface area contributed by atoms with E-state index in [1.54, 1.807) is 0 Å². The van der Waals surface area contributed by atoms with Gasteiger partial charge in [-0.05, 0) is 31.0 Å². The van der Waals surface area contributed by atoms with Gasteiger partial charge >= 0.3 is 0 Å². The normalized spacial score (nSPS) is 20.0. The number of hydrogen-bond donors (Lipinski definition) is 2. The number of benzene rings is 1. The Morgan fingerprint density at radius 3 is 3.00 bits per heavy atom. The molecule has 0 saturated carbocycles. The van der Waals surface area contributed by atoms with E-state index in [2.05, 4.69) is 42.7 Å². The highest BCUT2D eigenvalue weighted by Crippen LogP contribution is 2.27. The predicted octanol–water partition coefficient (Wildman–Crippen LogP) is 2.47. The van der Waals surface area contributed by atoms with Gasteiger partial charge in [-0.25, -0.2) is 0 Å². The van der Waals surface area contributed by atoms with E-state index in [0.717, 1.165) is 13.0 Å². The molecular formula is C11H16N2. The lowest BCUT2D eigenvalue weighted by Crippen LogP contribution is -2.29. The van der Waals surface area contributed by atoms with E-state index in [1.165, 1.54) is 16.9 Å². The number of anilines is 2. The maximum absolute atomic E-state index is 3.45. The minimum Gasteiger partial charge on any atom is -0.381 e. The smallest absolute Gasteiger partial charge is 0.0579 e. The molecule has 0 aliphatic carbocycles. The van der Waals surface area contributed by atoms with E-state index in [1.807, 2.05) is 0 Å². The molecular weight excluding hydrogens is 160 g/mol. The highest BCUT2D eigenvalue weighted by molar-refractivity contribution is 5.72. The molecule has 13 heavy (non-hydrogen) atoms. The molecule has 1 aliphatic heterocycles. The van der Waals surface area contributed by atoms with Gasteiger partial charge in [-0.1, -0.05) is 13.0 Å². The fourth-order valence-electron chi connectivity index (χ4n) is 1.66. The van der Waals surface area contributed by atoms with Crippen molar-refractivity contribution in [3.8, 4) is 0 Å². The second-order valence-electron chi connectivity index (χ2n) is 3.66. The summed E-state index contributed by atoms with van der Waals surface area (Å²) in [7, 11) is 0. The molecule has 0 spiro atoms. The number of nitrogens with one attached hydrogen (secondary N) is 2. The molecule has 2 nitrogen and oxygen atoms in total. The summed E-state index contributed by atoms with van der Waals surface area (Å²) >= 11 is 0. The summed E-state index contributed by atoms with van der Waals surface area (Å²) in [5, 5.41) is 6.87. The third-order valence-electron chi connectivity index (χ3n) is 2.49. The summed E-state index contributed by atoms with van der Waals surface area (Å²) in [6, 6.07) is 7.11. The van der Waals surface area contributed by atoms with Crippen LogP contribution in [0.15, 0.2) is 18.2 Å². The summed E-state index contributed by atoms with van der Waals surface area (Å²) < 4.78 is 0. The standard InChI is InChI=1S/C11H16N2/c1-3-9-4-5-10-11(6-9)12-7-8(2)13-10/h4-6,8,12-13H,3,7H2,1-2H3. The van der Waals surface area contributed by atoms with Gasteiger partial charge in [0.05, 0.1) is 11.4 Å². The zero-order valence-electron chi connectivity index (χ0n) is 8.22. The van der Waals surface area contributed by atoms with Crippen molar-refractivity contribution in [2.45, 2.75) is 26.3 Å². The lowest BCUT2D eigenvalue weighted by atomic mass is 10.1. The topological polar surface area (TPSA) is 24.1 Å². The first-order valence-corrected chi connectivity index (χ1v) is 4.93. The first kappa shape index (κ1) is 8.42. The summed E-state index contributed by atoms with van der Waals surface area (Å²) in [6.07, 6.45) is 1.10. The Kier molecular flexibility index (Phi) is 2.13. The maximum atomic E-state index is 3.45. The fourth-order valence-corrected chi connectivity index (χ4v) is 1.66. The van der Waals surface area contributed by atoms with Gasteiger partial charge in [-0.2, -0.15) is 0 Å². The highest BCUT2D eigenvalue weighted by atomic mass is 15.1. The van der Waals surface area contributed by atoms with Crippen LogP contribution in [-0.4, -0.2) is 12.6 Å². The van der Waals surface area contributed by atoms with E-state index >= 15 is 0 Å². The molecule has 2 N–H and O–H groups in total. The molecule has 1 aromatic carbocycles. The fraction of sp³-hybridized carbons (Fsp3) is 0.455. The predicted molar refractivity (Wildman–Crippen MR) is 57.4 cm³/mol. The van der Waals surface area contributed by atoms with Crippen LogP contribution in [0.25, 0.3) is 0 Å². The Hall–Kier alpha value is -1.18. The molecule has 0 saturated heterocycles. The van der Waals surface area contributed by atoms with Gasteiger partial charge in [0.25, 0.3) is 0 Å². The van der Waals surface area contributed by atoms with Crippen molar-refractivity contribution in [2.75, 3.05) is 17.2 Å². The average molecular weight is 176 g/mol. The quantitative estimate of drug-likeness (QED) is 0.687. The molecule has 1 unspecified atom stereocenters. The Labute approximate surface area is 79.4 Å². The van der Waals surface area contributed by atoms with E-state index in [9.17, 15) is 0 Å². The monoisotopic (exact) mass is 176 g/mol. The molecule has 0 bridgehead atoms. The average Bonchev–Trinajstić information content (AvgIpc) is 2.17. The van der Waals surface area contributed by atoms with Crippen LogP contribution in [0.2, 0.25) is 0 Å². The molecule has 1 aromatic rings. The first-order valence-electron chi connectivity index (χ1n) is 4.93. The Morgan fingerprint density at radius 1 is 1.38 bits per heavy atom. The first-order chi connectivity index (χ1) is 6.29. The van der Waals surface area contributed by atoms with Crippen molar-refractivity contribution in [3.63, 3.8) is 0 Å². The number of rotatable bonds is 1. The van der Waals surface area contributed by atoms with Crippen LogP contribution in [0, 0.1) is 0 Å². The van der Waals surface area contributed by atoms with Gasteiger partial charge < -0.3 is 10.6 Å². The Bertz CT molecular complexity index is 307. The van der Waals surface area contributed by atoms with Crippen LogP contribution >= 0.6 is 0 Å². The van der Waals surface area contributed by atoms with Crippen LogP contribution < -0.4 is 10.6 Å². The van der Waals surface area contributed by atoms with Crippen molar-refractivity contribution in [1.82, 2.24) is 0 Å². The molecule has 1 aliphatic rings. The number of hydrogen-bond acceptors (Lipinski definition) is 2. The second kappa shape index (κ2) is 3.29. The third kappa shape index (κ3) is 1.62.